The molecule has 5 heterocycles. The Kier molecular flexibility index (Phi) is 12.9. The van der Waals surface area contributed by atoms with Gasteiger partial charge in [0.15, 0.2) is 0 Å². The van der Waals surface area contributed by atoms with Gasteiger partial charge in [0.05, 0.1) is 54.3 Å². The molecule has 3 aromatic heterocycles. The lowest BCUT2D eigenvalue weighted by molar-refractivity contribution is -0.137. The quantitative estimate of drug-likeness (QED) is 0.0713. The van der Waals surface area contributed by atoms with Crippen molar-refractivity contribution < 1.29 is 38.2 Å². The van der Waals surface area contributed by atoms with E-state index in [2.05, 4.69) is 41.5 Å². The number of pyridine rings is 3. The lowest BCUT2D eigenvalue weighted by Gasteiger charge is -2.31. The molecule has 1 aromatic carbocycles. The molecule has 0 radical (unpaired) electrons. The van der Waals surface area contributed by atoms with Crippen LogP contribution in [0.1, 0.15) is 82.4 Å². The molecule has 4 aromatic rings. The number of imide groups is 2. The fraction of sp³-hybridized carbons (Fsp3) is 0.432. The van der Waals surface area contributed by atoms with Gasteiger partial charge in [-0.15, -0.1) is 0 Å². The van der Waals surface area contributed by atoms with Crippen molar-refractivity contribution in [2.24, 2.45) is 5.92 Å². The van der Waals surface area contributed by atoms with Gasteiger partial charge in [-0.3, -0.25) is 44.0 Å². The van der Waals surface area contributed by atoms with Crippen LogP contribution in [0.15, 0.2) is 61.1 Å². The van der Waals surface area contributed by atoms with Crippen LogP contribution in [0.25, 0.3) is 10.9 Å². The SMILES string of the molecule is CN(CCOCCOCCNc1cccc2c1C(=O)N(C1CCC(=O)NC1=O)C2=O)C(=O)[C@H]1CC[C@H](NC(=O)c2cnc(Nc3ccc4cnccc4n3)cc2NC2CC2)CC1. The summed E-state index contributed by atoms with van der Waals surface area (Å²) in [5.41, 5.74) is 2.87. The molecule has 1 unspecified atom stereocenters. The Morgan fingerprint density at radius 1 is 0.855 bits per heavy atom. The number of hydrogen-bond donors (Lipinski definition) is 5. The third-order valence-electron chi connectivity index (χ3n) is 11.6. The minimum absolute atomic E-state index is 0.0474. The Bertz CT molecular complexity index is 2370. The van der Waals surface area contributed by atoms with E-state index in [1.807, 2.05) is 24.3 Å². The molecule has 62 heavy (non-hydrogen) atoms. The summed E-state index contributed by atoms with van der Waals surface area (Å²) in [7, 11) is 1.78. The number of nitrogens with one attached hydrogen (secondary N) is 5. The molecule has 4 aliphatic rings. The van der Waals surface area contributed by atoms with Crippen LogP contribution in [-0.2, 0) is 23.9 Å². The van der Waals surface area contributed by atoms with Gasteiger partial charge in [0, 0.05) is 80.3 Å². The fourth-order valence-electron chi connectivity index (χ4n) is 8.05. The third kappa shape index (κ3) is 9.81. The third-order valence-corrected chi connectivity index (χ3v) is 11.6. The minimum atomic E-state index is -1.03. The van der Waals surface area contributed by atoms with E-state index in [1.54, 1.807) is 48.7 Å². The van der Waals surface area contributed by atoms with Crippen LogP contribution in [0.3, 0.4) is 0 Å². The number of carbonyl (C=O) groups is 6. The number of rotatable bonds is 18. The van der Waals surface area contributed by atoms with Gasteiger partial charge in [-0.25, -0.2) is 9.97 Å². The summed E-state index contributed by atoms with van der Waals surface area (Å²) in [5, 5.41) is 16.2. The topological polar surface area (TPSA) is 226 Å². The number of hydrogen-bond acceptors (Lipinski definition) is 14. The van der Waals surface area contributed by atoms with E-state index in [1.165, 1.54) is 0 Å². The molecule has 18 nitrogen and oxygen atoms in total. The number of aromatic nitrogens is 3. The van der Waals surface area contributed by atoms with Gasteiger partial charge in [0.25, 0.3) is 17.7 Å². The Morgan fingerprint density at radius 3 is 2.44 bits per heavy atom. The van der Waals surface area contributed by atoms with E-state index in [4.69, 9.17) is 9.47 Å². The first-order valence-electron chi connectivity index (χ1n) is 21.2. The van der Waals surface area contributed by atoms with Gasteiger partial charge in [-0.1, -0.05) is 6.07 Å². The molecule has 6 amide bonds. The highest BCUT2D eigenvalue weighted by Gasteiger charge is 2.45. The minimum Gasteiger partial charge on any atom is -0.382 e. The Labute approximate surface area is 357 Å². The van der Waals surface area contributed by atoms with Crippen LogP contribution >= 0.6 is 0 Å². The number of likely N-dealkylation sites (N-methyl/N-ethyl adjacent to an activating group) is 1. The van der Waals surface area contributed by atoms with Crippen molar-refractivity contribution in [3.63, 3.8) is 0 Å². The number of amides is 6. The summed E-state index contributed by atoms with van der Waals surface area (Å²) in [6.07, 6.45) is 10.0. The molecule has 0 spiro atoms. The van der Waals surface area contributed by atoms with Gasteiger partial charge in [-0.2, -0.15) is 0 Å². The molecular weight excluding hydrogens is 797 g/mol. The predicted octanol–water partition coefficient (Wildman–Crippen LogP) is 3.64. The summed E-state index contributed by atoms with van der Waals surface area (Å²) in [5.74, 6) is -1.25. The zero-order chi connectivity index (χ0) is 43.2. The molecule has 2 saturated carbocycles. The number of anilines is 4. The summed E-state index contributed by atoms with van der Waals surface area (Å²) < 4.78 is 11.4. The number of piperidine rings is 1. The maximum atomic E-state index is 13.5. The first-order valence-corrected chi connectivity index (χ1v) is 21.2. The second-order valence-corrected chi connectivity index (χ2v) is 16.0. The largest absolute Gasteiger partial charge is 0.382 e. The number of nitrogens with zero attached hydrogens (tertiary/aromatic N) is 5. The van der Waals surface area contributed by atoms with E-state index in [0.29, 0.717) is 94.1 Å². The first kappa shape index (κ1) is 42.2. The summed E-state index contributed by atoms with van der Waals surface area (Å²) in [6.45, 7) is 2.08. The van der Waals surface area contributed by atoms with Crippen molar-refractivity contribution in [3.8, 4) is 0 Å². The maximum Gasteiger partial charge on any atom is 0.264 e. The van der Waals surface area contributed by atoms with E-state index >= 15 is 0 Å². The highest BCUT2D eigenvalue weighted by molar-refractivity contribution is 6.25. The highest BCUT2D eigenvalue weighted by Crippen LogP contribution is 2.33. The van der Waals surface area contributed by atoms with Crippen LogP contribution in [0, 0.1) is 5.92 Å². The Morgan fingerprint density at radius 2 is 1.65 bits per heavy atom. The van der Waals surface area contributed by atoms with E-state index in [0.717, 1.165) is 34.3 Å². The van der Waals surface area contributed by atoms with E-state index in [-0.39, 0.29) is 47.7 Å². The van der Waals surface area contributed by atoms with Crippen LogP contribution in [0.2, 0.25) is 0 Å². The number of fused-ring (bicyclic) bond motifs is 2. The van der Waals surface area contributed by atoms with Gasteiger partial charge in [-0.05, 0) is 75.3 Å². The van der Waals surface area contributed by atoms with Gasteiger partial charge in [0.2, 0.25) is 17.7 Å². The number of benzene rings is 1. The van der Waals surface area contributed by atoms with E-state index in [9.17, 15) is 28.8 Å². The van der Waals surface area contributed by atoms with Gasteiger partial charge < -0.3 is 35.6 Å². The first-order chi connectivity index (χ1) is 30.1. The standard InChI is InChI=1S/C44H50N10O8/c1-53(18-20-62-22-21-61-19-17-46-33-4-2-3-30-39(33)44(60)54(43(30)59)35-12-14-38(55)52-41(35)57)42(58)26-5-8-29(9-6-26)49-40(56)31-25-47-37(23-34(31)48-28-10-11-28)51-36-13-7-27-24-45-16-15-32(27)50-36/h2-4,7,13,15-16,23-26,28-29,35,46H,5-6,8-12,14,17-22H2,1H3,(H,49,56)(H,52,55,57)(H2,47,48,50,51)/t26-,29-,35?. The van der Waals surface area contributed by atoms with Crippen molar-refractivity contribution in [3.05, 3.63) is 77.7 Å². The molecular formula is C44H50N10O8. The van der Waals surface area contributed by atoms with Crippen LogP contribution in [0.4, 0.5) is 23.0 Å². The predicted molar refractivity (Wildman–Crippen MR) is 228 cm³/mol. The maximum absolute atomic E-state index is 13.5. The second kappa shape index (κ2) is 19.0. The van der Waals surface area contributed by atoms with Crippen molar-refractivity contribution in [1.82, 2.24) is 35.4 Å². The average molecular weight is 847 g/mol. The zero-order valence-corrected chi connectivity index (χ0v) is 34.5. The molecule has 3 fully saturated rings. The van der Waals surface area contributed by atoms with Crippen molar-refractivity contribution in [2.45, 2.75) is 69.5 Å². The summed E-state index contributed by atoms with van der Waals surface area (Å²) in [4.78, 5) is 93.1. The van der Waals surface area contributed by atoms with Crippen molar-refractivity contribution in [2.75, 3.05) is 62.5 Å². The highest BCUT2D eigenvalue weighted by atomic mass is 16.5. The molecule has 1 atom stereocenters. The molecule has 0 bridgehead atoms. The smallest absolute Gasteiger partial charge is 0.264 e. The van der Waals surface area contributed by atoms with Gasteiger partial charge in [0.1, 0.15) is 17.7 Å². The molecule has 5 N–H and O–H groups in total. The van der Waals surface area contributed by atoms with Crippen molar-refractivity contribution in [1.29, 1.82) is 0 Å². The van der Waals surface area contributed by atoms with Crippen LogP contribution in [-0.4, -0.2) is 125 Å². The lowest BCUT2D eigenvalue weighted by Crippen LogP contribution is -2.54. The molecule has 324 valence electrons. The van der Waals surface area contributed by atoms with Crippen LogP contribution < -0.4 is 26.6 Å². The monoisotopic (exact) mass is 846 g/mol. The molecule has 18 heteroatoms. The molecule has 2 aliphatic carbocycles. The van der Waals surface area contributed by atoms with Gasteiger partial charge >= 0.3 is 0 Å². The van der Waals surface area contributed by atoms with Crippen LogP contribution in [0.5, 0.6) is 0 Å². The molecule has 1 saturated heterocycles. The Hall–Kier alpha value is -6.53. The second-order valence-electron chi connectivity index (χ2n) is 16.0. The average Bonchev–Trinajstić information content (AvgIpc) is 4.06. The van der Waals surface area contributed by atoms with E-state index < -0.39 is 29.7 Å². The molecule has 8 rings (SSSR count). The summed E-state index contributed by atoms with van der Waals surface area (Å²) in [6, 6.07) is 11.7. The molecule has 2 aliphatic heterocycles. The zero-order valence-electron chi connectivity index (χ0n) is 34.5. The summed E-state index contributed by atoms with van der Waals surface area (Å²) >= 11 is 0. The number of carbonyl (C=O) groups excluding carboxylic acids is 6. The fourth-order valence-corrected chi connectivity index (χ4v) is 8.05. The number of ether oxygens (including phenoxy) is 2. The normalized spacial score (nSPS) is 19.8. The Balaban J connectivity index is 0.715. The lowest BCUT2D eigenvalue weighted by atomic mass is 9.85. The van der Waals surface area contributed by atoms with Crippen molar-refractivity contribution >= 4 is 69.4 Å².